The molecule has 0 radical (unpaired) electrons. The lowest BCUT2D eigenvalue weighted by Crippen LogP contribution is -2.21. The summed E-state index contributed by atoms with van der Waals surface area (Å²) < 4.78 is 67.5. The number of carbonyl (C=O) groups is 1. The highest BCUT2D eigenvalue weighted by Gasteiger charge is 2.31. The fraction of sp³-hybridized carbons (Fsp3) is 0.381. The van der Waals surface area contributed by atoms with Crippen LogP contribution in [0.4, 0.5) is 27.8 Å². The molecule has 1 aromatic carbocycles. The quantitative estimate of drug-likeness (QED) is 0.517. The molecule has 0 bridgehead atoms. The molecule has 0 spiro atoms. The summed E-state index contributed by atoms with van der Waals surface area (Å²) in [7, 11) is 0. The molecule has 32 heavy (non-hydrogen) atoms. The number of anilines is 1. The molecular weight excluding hydrogens is 433 g/mol. The van der Waals surface area contributed by atoms with Crippen molar-refractivity contribution in [3.05, 3.63) is 64.6 Å². The molecule has 1 fully saturated rings. The van der Waals surface area contributed by atoms with Crippen LogP contribution in [0.25, 0.3) is 0 Å². The number of nitrogens with zero attached hydrogens (tertiary/aromatic N) is 4. The molecule has 1 aliphatic carbocycles. The summed E-state index contributed by atoms with van der Waals surface area (Å²) >= 11 is 0. The third-order valence-electron chi connectivity index (χ3n) is 5.18. The number of nitrogens with one attached hydrogen (secondary N) is 1. The van der Waals surface area contributed by atoms with Gasteiger partial charge in [-0.15, -0.1) is 0 Å². The number of benzene rings is 1. The highest BCUT2D eigenvalue weighted by molar-refractivity contribution is 5.89. The van der Waals surface area contributed by atoms with Crippen LogP contribution in [0.2, 0.25) is 0 Å². The van der Waals surface area contributed by atoms with Gasteiger partial charge in [0.15, 0.2) is 5.82 Å². The van der Waals surface area contributed by atoms with Crippen LogP contribution in [0.5, 0.6) is 0 Å². The minimum Gasteiger partial charge on any atom is -0.308 e. The summed E-state index contributed by atoms with van der Waals surface area (Å²) in [5, 5.41) is 10.7. The molecule has 1 saturated carbocycles. The van der Waals surface area contributed by atoms with Crippen molar-refractivity contribution in [3.63, 3.8) is 0 Å². The fourth-order valence-electron chi connectivity index (χ4n) is 3.46. The molecule has 1 amide bonds. The maximum atomic E-state index is 13.0. The molecule has 1 aliphatic rings. The number of carbonyl (C=O) groups excluding carboxylic acids is 1. The summed E-state index contributed by atoms with van der Waals surface area (Å²) in [6.45, 7) is 1.57. The third-order valence-corrected chi connectivity index (χ3v) is 5.18. The smallest absolute Gasteiger partial charge is 0.308 e. The number of aromatic nitrogens is 4. The van der Waals surface area contributed by atoms with Crippen molar-refractivity contribution in [3.8, 4) is 0 Å². The number of amides is 1. The molecule has 4 rings (SSSR count). The second-order valence-electron chi connectivity index (χ2n) is 7.80. The van der Waals surface area contributed by atoms with Gasteiger partial charge < -0.3 is 5.32 Å². The van der Waals surface area contributed by atoms with Crippen LogP contribution in [0, 0.1) is 6.92 Å². The first-order chi connectivity index (χ1) is 15.1. The molecule has 0 aliphatic heterocycles. The minimum absolute atomic E-state index is 0.0916. The Kier molecular flexibility index (Phi) is 5.74. The monoisotopic (exact) mass is 453 g/mol. The van der Waals surface area contributed by atoms with Crippen molar-refractivity contribution in [1.29, 1.82) is 0 Å². The van der Waals surface area contributed by atoms with Gasteiger partial charge in [0.1, 0.15) is 12.2 Å². The Morgan fingerprint density at radius 3 is 2.56 bits per heavy atom. The van der Waals surface area contributed by atoms with E-state index in [4.69, 9.17) is 0 Å². The van der Waals surface area contributed by atoms with E-state index in [1.807, 2.05) is 0 Å². The lowest BCUT2D eigenvalue weighted by Gasteiger charge is -2.09. The van der Waals surface area contributed by atoms with Crippen molar-refractivity contribution in [2.75, 3.05) is 5.32 Å². The maximum Gasteiger partial charge on any atom is 0.416 e. The summed E-state index contributed by atoms with van der Waals surface area (Å²) in [6.07, 6.45) is -5.42. The predicted molar refractivity (Wildman–Crippen MR) is 105 cm³/mol. The Balaban J connectivity index is 1.44. The van der Waals surface area contributed by atoms with Crippen LogP contribution in [-0.4, -0.2) is 25.5 Å². The van der Waals surface area contributed by atoms with Gasteiger partial charge in [-0.3, -0.25) is 14.2 Å². The largest absolute Gasteiger partial charge is 0.416 e. The van der Waals surface area contributed by atoms with Gasteiger partial charge in [0.2, 0.25) is 5.91 Å². The van der Waals surface area contributed by atoms with E-state index in [9.17, 15) is 26.7 Å². The van der Waals surface area contributed by atoms with Crippen molar-refractivity contribution in [1.82, 2.24) is 19.6 Å². The molecular formula is C21H20F5N5O. The van der Waals surface area contributed by atoms with E-state index in [0.29, 0.717) is 17.0 Å². The van der Waals surface area contributed by atoms with Crippen LogP contribution in [0.1, 0.15) is 53.4 Å². The van der Waals surface area contributed by atoms with E-state index in [2.05, 4.69) is 15.5 Å². The van der Waals surface area contributed by atoms with Crippen molar-refractivity contribution in [2.24, 2.45) is 0 Å². The lowest BCUT2D eigenvalue weighted by molar-refractivity contribution is -0.137. The lowest BCUT2D eigenvalue weighted by atomic mass is 10.1. The number of hydrogen-bond donors (Lipinski definition) is 1. The Morgan fingerprint density at radius 1 is 1.16 bits per heavy atom. The number of aryl methyl sites for hydroxylation is 1. The van der Waals surface area contributed by atoms with Gasteiger partial charge in [0.25, 0.3) is 6.43 Å². The maximum absolute atomic E-state index is 13.0. The molecule has 0 atom stereocenters. The van der Waals surface area contributed by atoms with E-state index in [0.717, 1.165) is 25.0 Å². The normalized spacial score (nSPS) is 14.2. The SMILES string of the molecule is Cc1cc(NC(=O)Cn2nc(C(F)F)cc2C2CC2)nn1Cc1cccc(C(F)(F)F)c1. The Morgan fingerprint density at radius 2 is 1.91 bits per heavy atom. The van der Waals surface area contributed by atoms with Gasteiger partial charge in [-0.2, -0.15) is 23.4 Å². The first kappa shape index (κ1) is 22.0. The fourth-order valence-corrected chi connectivity index (χ4v) is 3.46. The molecule has 0 unspecified atom stereocenters. The predicted octanol–water partition coefficient (Wildman–Crippen LogP) is 4.91. The summed E-state index contributed by atoms with van der Waals surface area (Å²) in [4.78, 5) is 12.5. The number of hydrogen-bond acceptors (Lipinski definition) is 3. The van der Waals surface area contributed by atoms with Crippen LogP contribution in [-0.2, 0) is 24.1 Å². The van der Waals surface area contributed by atoms with Gasteiger partial charge in [-0.25, -0.2) is 8.78 Å². The van der Waals surface area contributed by atoms with Crippen LogP contribution >= 0.6 is 0 Å². The second kappa shape index (κ2) is 8.36. The van der Waals surface area contributed by atoms with Crippen LogP contribution in [0.15, 0.2) is 36.4 Å². The molecule has 11 heteroatoms. The van der Waals surface area contributed by atoms with Gasteiger partial charge in [-0.05, 0) is 43.5 Å². The summed E-state index contributed by atoms with van der Waals surface area (Å²) in [6, 6.07) is 7.86. The Hall–Kier alpha value is -3.24. The van der Waals surface area contributed by atoms with Crippen molar-refractivity contribution >= 4 is 11.7 Å². The zero-order chi connectivity index (χ0) is 23.0. The molecule has 2 aromatic heterocycles. The highest BCUT2D eigenvalue weighted by atomic mass is 19.4. The first-order valence-corrected chi connectivity index (χ1v) is 9.96. The molecule has 6 nitrogen and oxygen atoms in total. The molecule has 170 valence electrons. The van der Waals surface area contributed by atoms with E-state index >= 15 is 0 Å². The Labute approximate surface area is 180 Å². The first-order valence-electron chi connectivity index (χ1n) is 9.96. The topological polar surface area (TPSA) is 64.7 Å². The van der Waals surface area contributed by atoms with Crippen LogP contribution < -0.4 is 5.32 Å². The zero-order valence-corrected chi connectivity index (χ0v) is 17.0. The van der Waals surface area contributed by atoms with Crippen molar-refractivity contribution in [2.45, 2.75) is 51.4 Å². The van der Waals surface area contributed by atoms with E-state index < -0.39 is 24.1 Å². The van der Waals surface area contributed by atoms with Gasteiger partial charge in [-0.1, -0.05) is 12.1 Å². The second-order valence-corrected chi connectivity index (χ2v) is 7.80. The average molecular weight is 453 g/mol. The van der Waals surface area contributed by atoms with E-state index in [-0.39, 0.29) is 30.5 Å². The highest BCUT2D eigenvalue weighted by Crippen LogP contribution is 2.41. The number of rotatable bonds is 7. The standard InChI is InChI=1S/C21H20F5N5O/c1-12-7-18(29-30(12)10-13-3-2-4-15(8-13)21(24,25)26)27-19(32)11-31-17(14-5-6-14)9-16(28-31)20(22)23/h2-4,7-9,14,20H,5-6,10-11H2,1H3,(H,27,29,32). The Bertz CT molecular complexity index is 1130. The van der Waals surface area contributed by atoms with E-state index in [1.54, 1.807) is 19.1 Å². The number of halogens is 5. The molecule has 0 saturated heterocycles. The third kappa shape index (κ3) is 4.97. The van der Waals surface area contributed by atoms with Gasteiger partial charge in [0.05, 0.1) is 12.1 Å². The number of alkyl halides is 5. The summed E-state index contributed by atoms with van der Waals surface area (Å²) in [5.74, 6) is -0.134. The van der Waals surface area contributed by atoms with Gasteiger partial charge in [0, 0.05) is 23.4 Å². The van der Waals surface area contributed by atoms with Crippen molar-refractivity contribution < 1.29 is 26.7 Å². The van der Waals surface area contributed by atoms with Gasteiger partial charge >= 0.3 is 6.18 Å². The van der Waals surface area contributed by atoms with Crippen LogP contribution in [0.3, 0.4) is 0 Å². The van der Waals surface area contributed by atoms with E-state index in [1.165, 1.54) is 21.5 Å². The summed E-state index contributed by atoms with van der Waals surface area (Å²) in [5.41, 5.74) is 0.550. The zero-order valence-electron chi connectivity index (χ0n) is 17.0. The molecule has 3 aromatic rings. The molecule has 2 heterocycles. The molecule has 1 N–H and O–H groups in total. The minimum atomic E-state index is -4.44. The average Bonchev–Trinajstić information content (AvgIpc) is 3.38.